The van der Waals surface area contributed by atoms with E-state index in [1.165, 1.54) is 23.9 Å². The van der Waals surface area contributed by atoms with Crippen LogP contribution in [0.25, 0.3) is 0 Å². The van der Waals surface area contributed by atoms with Gasteiger partial charge in [0.15, 0.2) is 5.78 Å². The maximum atomic E-state index is 11.9. The fraction of sp³-hybridized carbons (Fsp3) is 0.545. The van der Waals surface area contributed by atoms with Crippen LogP contribution in [-0.4, -0.2) is 28.6 Å². The normalized spacial score (nSPS) is 10.5. The molecule has 0 fully saturated rings. The Labute approximate surface area is 98.4 Å². The summed E-state index contributed by atoms with van der Waals surface area (Å²) in [5.74, 6) is -0.305. The Bertz CT molecular complexity index is 501. The van der Waals surface area contributed by atoms with Gasteiger partial charge in [-0.3, -0.25) is 14.2 Å². The third-order valence-corrected chi connectivity index (χ3v) is 2.24. The first-order chi connectivity index (χ1) is 8.10. The topological polar surface area (TPSA) is 70.3 Å². The molecule has 0 atom stereocenters. The van der Waals surface area contributed by atoms with Gasteiger partial charge >= 0.3 is 5.69 Å². The number of nitrogens with zero attached hydrogens (tertiary/aromatic N) is 2. The lowest BCUT2D eigenvalue weighted by molar-refractivity contribution is -0.123. The van der Waals surface area contributed by atoms with E-state index in [0.717, 1.165) is 11.0 Å². The molecule has 0 amide bonds. The number of ketones is 1. The lowest BCUT2D eigenvalue weighted by Gasteiger charge is -2.07. The van der Waals surface area contributed by atoms with Crippen LogP contribution in [0.15, 0.2) is 21.9 Å². The molecule has 0 aliphatic rings. The zero-order valence-corrected chi connectivity index (χ0v) is 10.0. The first-order valence-electron chi connectivity index (χ1n) is 5.41. The maximum Gasteiger partial charge on any atom is 0.331 e. The quantitative estimate of drug-likeness (QED) is 0.680. The van der Waals surface area contributed by atoms with Gasteiger partial charge in [-0.15, -0.1) is 0 Å². The van der Waals surface area contributed by atoms with Crippen LogP contribution in [0.5, 0.6) is 0 Å². The summed E-state index contributed by atoms with van der Waals surface area (Å²) in [7, 11) is 1.39. The molecule has 6 nitrogen and oxygen atoms in total. The molecule has 0 bridgehead atoms. The van der Waals surface area contributed by atoms with Gasteiger partial charge in [0.25, 0.3) is 5.56 Å². The Kier molecular flexibility index (Phi) is 4.84. The Morgan fingerprint density at radius 2 is 2.12 bits per heavy atom. The molecule has 0 saturated carbocycles. The van der Waals surface area contributed by atoms with Crippen molar-refractivity contribution in [3.8, 4) is 0 Å². The molecule has 0 aromatic carbocycles. The minimum Gasteiger partial charge on any atom is -0.377 e. The Morgan fingerprint density at radius 1 is 1.41 bits per heavy atom. The molecule has 0 saturated heterocycles. The molecule has 6 heteroatoms. The summed E-state index contributed by atoms with van der Waals surface area (Å²) in [4.78, 5) is 34.7. The molecular formula is C11H16N2O4. The van der Waals surface area contributed by atoms with E-state index in [9.17, 15) is 14.4 Å². The number of rotatable bonds is 6. The summed E-state index contributed by atoms with van der Waals surface area (Å²) >= 11 is 0. The minimum atomic E-state index is -0.466. The largest absolute Gasteiger partial charge is 0.377 e. The van der Waals surface area contributed by atoms with Gasteiger partial charge in [-0.2, -0.15) is 0 Å². The van der Waals surface area contributed by atoms with Crippen LogP contribution in [-0.2, 0) is 22.6 Å². The molecule has 0 radical (unpaired) electrons. The first-order valence-corrected chi connectivity index (χ1v) is 5.41. The zero-order chi connectivity index (χ0) is 12.8. The third-order valence-electron chi connectivity index (χ3n) is 2.24. The van der Waals surface area contributed by atoms with Crippen LogP contribution in [0.4, 0.5) is 0 Å². The number of aryl methyl sites for hydroxylation is 1. The van der Waals surface area contributed by atoms with Crippen LogP contribution in [0.1, 0.15) is 13.3 Å². The van der Waals surface area contributed by atoms with E-state index in [-0.39, 0.29) is 18.9 Å². The van der Waals surface area contributed by atoms with Gasteiger partial charge in [-0.05, 0) is 6.42 Å². The molecule has 0 spiro atoms. The molecule has 1 heterocycles. The van der Waals surface area contributed by atoms with Crippen LogP contribution >= 0.6 is 0 Å². The van der Waals surface area contributed by atoms with E-state index in [4.69, 9.17) is 0 Å². The second-order valence-electron chi connectivity index (χ2n) is 3.69. The summed E-state index contributed by atoms with van der Waals surface area (Å²) in [6.07, 6.45) is 2.23. The molecular weight excluding hydrogens is 224 g/mol. The molecule has 17 heavy (non-hydrogen) atoms. The molecule has 0 aliphatic carbocycles. The summed E-state index contributed by atoms with van der Waals surface area (Å²) in [6, 6.07) is 1.29. The molecule has 0 unspecified atom stereocenters. The molecule has 0 N–H and O–H groups in total. The van der Waals surface area contributed by atoms with E-state index in [1.54, 1.807) is 0 Å². The number of aromatic nitrogens is 2. The predicted octanol–water partition coefficient (Wildman–Crippen LogP) is -0.365. The number of hydrogen-bond donors (Lipinski definition) is 0. The highest BCUT2D eigenvalue weighted by atomic mass is 16.5. The highest BCUT2D eigenvalue weighted by Crippen LogP contribution is 1.85. The number of ether oxygens (including phenoxy) is 1. The van der Waals surface area contributed by atoms with E-state index in [0.29, 0.717) is 6.54 Å². The SMILES string of the molecule is CCCn1ccc(=O)n(CC(=O)COC)c1=O. The van der Waals surface area contributed by atoms with Gasteiger partial charge < -0.3 is 9.30 Å². The second-order valence-corrected chi connectivity index (χ2v) is 3.69. The number of carbonyl (C=O) groups excluding carboxylic acids is 1. The smallest absolute Gasteiger partial charge is 0.331 e. The van der Waals surface area contributed by atoms with E-state index < -0.39 is 11.2 Å². The first kappa shape index (κ1) is 13.4. The van der Waals surface area contributed by atoms with Crippen LogP contribution < -0.4 is 11.2 Å². The van der Waals surface area contributed by atoms with Crippen molar-refractivity contribution in [2.24, 2.45) is 0 Å². The average molecular weight is 240 g/mol. The van der Waals surface area contributed by atoms with Crippen molar-refractivity contribution < 1.29 is 9.53 Å². The third kappa shape index (κ3) is 3.39. The zero-order valence-electron chi connectivity index (χ0n) is 10.0. The van der Waals surface area contributed by atoms with Crippen molar-refractivity contribution in [1.82, 2.24) is 9.13 Å². The average Bonchev–Trinajstić information content (AvgIpc) is 2.29. The highest BCUT2D eigenvalue weighted by Gasteiger charge is 2.09. The fourth-order valence-electron chi connectivity index (χ4n) is 1.50. The molecule has 94 valence electrons. The monoisotopic (exact) mass is 240 g/mol. The Hall–Kier alpha value is -1.69. The summed E-state index contributed by atoms with van der Waals surface area (Å²) < 4.78 is 7.01. The summed E-state index contributed by atoms with van der Waals surface area (Å²) in [6.45, 7) is 2.11. The summed E-state index contributed by atoms with van der Waals surface area (Å²) in [5, 5.41) is 0. The molecule has 0 aliphatic heterocycles. The molecule has 1 rings (SSSR count). The van der Waals surface area contributed by atoms with Gasteiger partial charge in [0, 0.05) is 25.9 Å². The van der Waals surface area contributed by atoms with Gasteiger partial charge in [0.05, 0.1) is 6.54 Å². The van der Waals surface area contributed by atoms with Crippen molar-refractivity contribution in [1.29, 1.82) is 0 Å². The van der Waals surface area contributed by atoms with Crippen molar-refractivity contribution in [2.45, 2.75) is 26.4 Å². The van der Waals surface area contributed by atoms with Gasteiger partial charge in [0.1, 0.15) is 6.61 Å². The summed E-state index contributed by atoms with van der Waals surface area (Å²) in [5.41, 5.74) is -0.921. The van der Waals surface area contributed by atoms with Crippen LogP contribution in [0.2, 0.25) is 0 Å². The fourth-order valence-corrected chi connectivity index (χ4v) is 1.50. The van der Waals surface area contributed by atoms with Crippen molar-refractivity contribution in [2.75, 3.05) is 13.7 Å². The number of methoxy groups -OCH3 is 1. The van der Waals surface area contributed by atoms with Gasteiger partial charge in [0.2, 0.25) is 0 Å². The number of Topliss-reactive ketones (excluding diaryl/α,β-unsaturated/α-hetero) is 1. The predicted molar refractivity (Wildman–Crippen MR) is 62.1 cm³/mol. The van der Waals surface area contributed by atoms with Gasteiger partial charge in [-0.1, -0.05) is 6.92 Å². The molecule has 1 aromatic rings. The number of carbonyl (C=O) groups is 1. The van der Waals surface area contributed by atoms with Crippen LogP contribution in [0, 0.1) is 0 Å². The standard InChI is InChI=1S/C11H16N2O4/c1-3-5-12-6-4-10(15)13(11(12)16)7-9(14)8-17-2/h4,6H,3,5,7-8H2,1-2H3. The molecule has 1 aromatic heterocycles. The maximum absolute atomic E-state index is 11.9. The van der Waals surface area contributed by atoms with Gasteiger partial charge in [-0.25, -0.2) is 4.79 Å². The Balaban J connectivity index is 3.06. The Morgan fingerprint density at radius 3 is 2.71 bits per heavy atom. The van der Waals surface area contributed by atoms with E-state index >= 15 is 0 Å². The van der Waals surface area contributed by atoms with Crippen molar-refractivity contribution in [3.05, 3.63) is 33.1 Å². The van der Waals surface area contributed by atoms with E-state index in [2.05, 4.69) is 4.74 Å². The van der Waals surface area contributed by atoms with Crippen molar-refractivity contribution in [3.63, 3.8) is 0 Å². The lowest BCUT2D eigenvalue weighted by Crippen LogP contribution is -2.41. The lowest BCUT2D eigenvalue weighted by atomic mass is 10.4. The van der Waals surface area contributed by atoms with Crippen LogP contribution in [0.3, 0.4) is 0 Å². The van der Waals surface area contributed by atoms with E-state index in [1.807, 2.05) is 6.92 Å². The number of hydrogen-bond acceptors (Lipinski definition) is 4. The second kappa shape index (κ2) is 6.15. The van der Waals surface area contributed by atoms with Crippen molar-refractivity contribution >= 4 is 5.78 Å². The highest BCUT2D eigenvalue weighted by molar-refractivity contribution is 5.79. The minimum absolute atomic E-state index is 0.103.